The lowest BCUT2D eigenvalue weighted by molar-refractivity contribution is 0.282. The second-order valence-corrected chi connectivity index (χ2v) is 6.51. The van der Waals surface area contributed by atoms with Gasteiger partial charge in [-0.1, -0.05) is 17.7 Å². The van der Waals surface area contributed by atoms with Crippen molar-refractivity contribution in [1.82, 2.24) is 5.32 Å². The molecule has 0 aromatic heterocycles. The molecule has 0 amide bonds. The molecule has 1 unspecified atom stereocenters. The quantitative estimate of drug-likeness (QED) is 0.428. The summed E-state index contributed by atoms with van der Waals surface area (Å²) in [6.07, 6.45) is 5.27. The number of fused-ring (bicyclic) bond motifs is 1. The molecule has 1 aliphatic rings. The maximum Gasteiger partial charge on any atom is 0.0778 e. The highest BCUT2D eigenvalue weighted by molar-refractivity contribution is 14.1. The molecule has 3 nitrogen and oxygen atoms in total. The zero-order valence-electron chi connectivity index (χ0n) is 11.6. The predicted molar refractivity (Wildman–Crippen MR) is 93.6 cm³/mol. The molecule has 0 aliphatic carbocycles. The number of nitrogens with one attached hydrogen (secondary N) is 1. The molecule has 0 spiro atoms. The Labute approximate surface area is 139 Å². The van der Waals surface area contributed by atoms with E-state index in [2.05, 4.69) is 52.0 Å². The fourth-order valence-electron chi connectivity index (χ4n) is 2.36. The van der Waals surface area contributed by atoms with Crippen molar-refractivity contribution in [2.45, 2.75) is 25.3 Å². The summed E-state index contributed by atoms with van der Waals surface area (Å²) in [5, 5.41) is 13.1. The Hall–Kier alpha value is -0.300. The molecule has 0 saturated carbocycles. The van der Waals surface area contributed by atoms with Crippen LogP contribution in [0.15, 0.2) is 28.0 Å². The maximum atomic E-state index is 8.79. The topological polar surface area (TPSA) is 35.5 Å². The molecule has 1 atom stereocenters. The number of benzene rings is 1. The standard InChI is InChI=1S/C15H20ClIN2O/c1-19-14-9-11(16)5-6-12(14)13(10-15(19)17)18-7-3-2-4-8-20/h5-6,9-10,13,18,20H,2-4,7-8H2,1H3. The van der Waals surface area contributed by atoms with Crippen molar-refractivity contribution in [3.05, 3.63) is 38.6 Å². The van der Waals surface area contributed by atoms with Crippen LogP contribution in [-0.4, -0.2) is 25.3 Å². The highest BCUT2D eigenvalue weighted by Gasteiger charge is 2.22. The van der Waals surface area contributed by atoms with Crippen molar-refractivity contribution in [3.8, 4) is 0 Å². The van der Waals surface area contributed by atoms with Gasteiger partial charge < -0.3 is 15.3 Å². The first-order valence-electron chi connectivity index (χ1n) is 6.88. The van der Waals surface area contributed by atoms with E-state index in [-0.39, 0.29) is 12.6 Å². The van der Waals surface area contributed by atoms with Gasteiger partial charge in [-0.05, 0) is 72.2 Å². The van der Waals surface area contributed by atoms with Gasteiger partial charge in [-0.25, -0.2) is 0 Å². The summed E-state index contributed by atoms with van der Waals surface area (Å²) in [5.74, 6) is 0. The lowest BCUT2D eigenvalue weighted by Crippen LogP contribution is -2.28. The van der Waals surface area contributed by atoms with Crippen LogP contribution < -0.4 is 10.2 Å². The van der Waals surface area contributed by atoms with E-state index in [1.807, 2.05) is 12.1 Å². The van der Waals surface area contributed by atoms with Crippen LogP contribution >= 0.6 is 34.2 Å². The van der Waals surface area contributed by atoms with Gasteiger partial charge in [-0.15, -0.1) is 0 Å². The highest BCUT2D eigenvalue weighted by Crippen LogP contribution is 2.38. The molecule has 110 valence electrons. The SMILES string of the molecule is CN1C(I)=CC(NCCCCCO)c2ccc(Cl)cc21. The van der Waals surface area contributed by atoms with Gasteiger partial charge in [0, 0.05) is 24.4 Å². The van der Waals surface area contributed by atoms with E-state index >= 15 is 0 Å². The summed E-state index contributed by atoms with van der Waals surface area (Å²) in [6.45, 7) is 1.24. The van der Waals surface area contributed by atoms with Crippen LogP contribution in [0, 0.1) is 0 Å². The number of halogens is 2. The Morgan fingerprint density at radius 3 is 2.90 bits per heavy atom. The fraction of sp³-hybridized carbons (Fsp3) is 0.467. The molecule has 0 fully saturated rings. The molecule has 1 aromatic carbocycles. The van der Waals surface area contributed by atoms with E-state index in [9.17, 15) is 0 Å². The Morgan fingerprint density at radius 1 is 1.35 bits per heavy atom. The van der Waals surface area contributed by atoms with E-state index < -0.39 is 0 Å². The highest BCUT2D eigenvalue weighted by atomic mass is 127. The molecule has 1 aromatic rings. The van der Waals surface area contributed by atoms with Crippen molar-refractivity contribution >= 4 is 39.9 Å². The number of anilines is 1. The third kappa shape index (κ3) is 3.87. The summed E-state index contributed by atoms with van der Waals surface area (Å²) >= 11 is 8.46. The van der Waals surface area contributed by atoms with Crippen molar-refractivity contribution in [2.24, 2.45) is 0 Å². The molecule has 2 rings (SSSR count). The molecule has 0 bridgehead atoms. The van der Waals surface area contributed by atoms with E-state index in [0.717, 1.165) is 36.5 Å². The zero-order chi connectivity index (χ0) is 14.5. The third-order valence-corrected chi connectivity index (χ3v) is 4.83. The van der Waals surface area contributed by atoms with Gasteiger partial charge in [0.05, 0.1) is 9.75 Å². The summed E-state index contributed by atoms with van der Waals surface area (Å²) in [7, 11) is 2.06. The second kappa shape index (κ2) is 7.64. The van der Waals surface area contributed by atoms with Gasteiger partial charge in [0.15, 0.2) is 0 Å². The van der Waals surface area contributed by atoms with Crippen LogP contribution in [0.1, 0.15) is 30.9 Å². The largest absolute Gasteiger partial charge is 0.396 e. The Balaban J connectivity index is 2.06. The van der Waals surface area contributed by atoms with Gasteiger partial charge >= 0.3 is 0 Å². The second-order valence-electron chi connectivity index (χ2n) is 4.97. The normalized spacial score (nSPS) is 17.9. The van der Waals surface area contributed by atoms with Gasteiger partial charge in [-0.3, -0.25) is 0 Å². The minimum absolute atomic E-state index is 0.236. The monoisotopic (exact) mass is 406 g/mol. The smallest absolute Gasteiger partial charge is 0.0778 e. The van der Waals surface area contributed by atoms with E-state index in [4.69, 9.17) is 16.7 Å². The summed E-state index contributed by atoms with van der Waals surface area (Å²) in [4.78, 5) is 2.16. The van der Waals surface area contributed by atoms with Gasteiger partial charge in [-0.2, -0.15) is 0 Å². The number of hydrogen-bond donors (Lipinski definition) is 2. The fourth-order valence-corrected chi connectivity index (χ4v) is 3.15. The van der Waals surface area contributed by atoms with Crippen molar-refractivity contribution in [2.75, 3.05) is 25.1 Å². The van der Waals surface area contributed by atoms with E-state index in [1.54, 1.807) is 0 Å². The van der Waals surface area contributed by atoms with E-state index in [1.165, 1.54) is 9.27 Å². The van der Waals surface area contributed by atoms with Crippen LogP contribution in [0.4, 0.5) is 5.69 Å². The molecule has 5 heteroatoms. The molecule has 2 N–H and O–H groups in total. The Bertz CT molecular complexity index is 493. The van der Waals surface area contributed by atoms with Crippen molar-refractivity contribution < 1.29 is 5.11 Å². The maximum absolute atomic E-state index is 8.79. The number of aliphatic hydroxyl groups is 1. The first kappa shape index (κ1) is 16.1. The first-order valence-corrected chi connectivity index (χ1v) is 8.34. The summed E-state index contributed by atoms with van der Waals surface area (Å²) in [5.41, 5.74) is 2.43. The number of hydrogen-bond acceptors (Lipinski definition) is 3. The molecular weight excluding hydrogens is 387 g/mol. The molecule has 0 saturated heterocycles. The van der Waals surface area contributed by atoms with E-state index in [0.29, 0.717) is 0 Å². The van der Waals surface area contributed by atoms with Gasteiger partial charge in [0.25, 0.3) is 0 Å². The lowest BCUT2D eigenvalue weighted by atomic mass is 10.0. The number of nitrogens with zero attached hydrogens (tertiary/aromatic N) is 1. The molecular formula is C15H20ClIN2O. The Morgan fingerprint density at radius 2 is 2.15 bits per heavy atom. The van der Waals surface area contributed by atoms with Crippen LogP contribution in [0.25, 0.3) is 0 Å². The number of unbranched alkanes of at least 4 members (excludes halogenated alkanes) is 2. The third-order valence-electron chi connectivity index (χ3n) is 3.51. The minimum atomic E-state index is 0.236. The van der Waals surface area contributed by atoms with Crippen LogP contribution in [0.2, 0.25) is 5.02 Å². The summed E-state index contributed by atoms with van der Waals surface area (Å²) < 4.78 is 1.20. The summed E-state index contributed by atoms with van der Waals surface area (Å²) in [6, 6.07) is 6.29. The van der Waals surface area contributed by atoms with Crippen molar-refractivity contribution in [1.29, 1.82) is 0 Å². The molecule has 1 aliphatic heterocycles. The van der Waals surface area contributed by atoms with Crippen LogP contribution in [-0.2, 0) is 0 Å². The lowest BCUT2D eigenvalue weighted by Gasteiger charge is -2.31. The van der Waals surface area contributed by atoms with Crippen molar-refractivity contribution in [3.63, 3.8) is 0 Å². The zero-order valence-corrected chi connectivity index (χ0v) is 14.5. The first-order chi connectivity index (χ1) is 9.63. The molecule has 0 radical (unpaired) electrons. The van der Waals surface area contributed by atoms with Gasteiger partial charge in [0.1, 0.15) is 0 Å². The molecule has 20 heavy (non-hydrogen) atoms. The van der Waals surface area contributed by atoms with Crippen LogP contribution in [0.3, 0.4) is 0 Å². The molecule has 1 heterocycles. The van der Waals surface area contributed by atoms with Gasteiger partial charge in [0.2, 0.25) is 0 Å². The number of rotatable bonds is 6. The minimum Gasteiger partial charge on any atom is -0.396 e. The number of aliphatic hydroxyl groups excluding tert-OH is 1. The Kier molecular flexibility index (Phi) is 6.14. The predicted octanol–water partition coefficient (Wildman–Crippen LogP) is 3.86. The van der Waals surface area contributed by atoms with Crippen LogP contribution in [0.5, 0.6) is 0 Å². The average Bonchev–Trinajstić information content (AvgIpc) is 2.44. The average molecular weight is 407 g/mol.